The first-order chi connectivity index (χ1) is 6.57. The Morgan fingerprint density at radius 3 is 2.71 bits per heavy atom. The number of rotatable bonds is 3. The first-order valence-corrected chi connectivity index (χ1v) is 4.39. The summed E-state index contributed by atoms with van der Waals surface area (Å²) in [5.74, 6) is -0.982. The number of alkyl halides is 1. The van der Waals surface area contributed by atoms with E-state index in [1.165, 1.54) is 19.1 Å². The lowest BCUT2D eigenvalue weighted by molar-refractivity contribution is -0.116. The summed E-state index contributed by atoms with van der Waals surface area (Å²) in [6.45, 7) is 1.29. The van der Waals surface area contributed by atoms with E-state index in [2.05, 4.69) is 0 Å². The number of benzene rings is 1. The number of aldehydes is 1. The van der Waals surface area contributed by atoms with E-state index in [0.29, 0.717) is 6.29 Å². The van der Waals surface area contributed by atoms with Crippen molar-refractivity contribution >= 4 is 23.7 Å². The van der Waals surface area contributed by atoms with Crippen molar-refractivity contribution in [2.24, 2.45) is 0 Å². The fraction of sp³-hybridized carbons (Fsp3) is 0.200. The molecule has 0 heterocycles. The van der Waals surface area contributed by atoms with Gasteiger partial charge in [-0.2, -0.15) is 0 Å². The lowest BCUT2D eigenvalue weighted by atomic mass is 10.0. The van der Waals surface area contributed by atoms with Gasteiger partial charge in [0, 0.05) is 0 Å². The van der Waals surface area contributed by atoms with Crippen molar-refractivity contribution in [2.45, 2.75) is 12.3 Å². The predicted molar refractivity (Wildman–Crippen MR) is 51.1 cm³/mol. The third kappa shape index (κ3) is 1.99. The molecule has 0 fully saturated rings. The molecule has 0 N–H and O–H groups in total. The van der Waals surface area contributed by atoms with Crippen LogP contribution in [0.2, 0.25) is 0 Å². The summed E-state index contributed by atoms with van der Waals surface area (Å²) in [5, 5.41) is -0.967. The Morgan fingerprint density at radius 1 is 1.57 bits per heavy atom. The molecule has 74 valence electrons. The van der Waals surface area contributed by atoms with Crippen molar-refractivity contribution in [1.29, 1.82) is 0 Å². The lowest BCUT2D eigenvalue weighted by Crippen LogP contribution is -2.06. The summed E-state index contributed by atoms with van der Waals surface area (Å²) in [4.78, 5) is 21.5. The number of halogens is 2. The number of carbonyl (C=O) groups excluding carboxylic acids is 2. The average molecular weight is 215 g/mol. The maximum atomic E-state index is 13.1. The normalized spacial score (nSPS) is 12.2. The molecule has 4 heteroatoms. The first-order valence-electron chi connectivity index (χ1n) is 3.96. The molecule has 0 aliphatic carbocycles. The van der Waals surface area contributed by atoms with Crippen molar-refractivity contribution in [3.05, 3.63) is 35.1 Å². The quantitative estimate of drug-likeness (QED) is 0.572. The topological polar surface area (TPSA) is 34.1 Å². The van der Waals surface area contributed by atoms with Crippen molar-refractivity contribution in [3.8, 4) is 0 Å². The maximum absolute atomic E-state index is 13.1. The van der Waals surface area contributed by atoms with Crippen LogP contribution in [0.1, 0.15) is 28.2 Å². The van der Waals surface area contributed by atoms with Gasteiger partial charge in [-0.25, -0.2) is 4.39 Å². The third-order valence-corrected chi connectivity index (χ3v) is 2.38. The van der Waals surface area contributed by atoms with E-state index in [4.69, 9.17) is 11.6 Å². The minimum absolute atomic E-state index is 0.150. The third-order valence-electron chi connectivity index (χ3n) is 1.83. The van der Waals surface area contributed by atoms with Crippen LogP contribution in [0.4, 0.5) is 4.39 Å². The van der Waals surface area contributed by atoms with Gasteiger partial charge in [-0.15, -0.1) is 11.6 Å². The van der Waals surface area contributed by atoms with Gasteiger partial charge in [0.2, 0.25) is 0 Å². The van der Waals surface area contributed by atoms with Gasteiger partial charge in [0.25, 0.3) is 0 Å². The predicted octanol–water partition coefficient (Wildman–Crippen LogP) is 2.51. The molecule has 0 aliphatic rings. The van der Waals surface area contributed by atoms with Gasteiger partial charge < -0.3 is 0 Å². The maximum Gasteiger partial charge on any atom is 0.153 e. The zero-order chi connectivity index (χ0) is 10.7. The standard InChI is InChI=1S/C10H8ClFO2/c1-6(14)10(11)7-3-2-4-9(12)8(7)5-13/h2-5,10H,1H3. The first kappa shape index (κ1) is 10.9. The summed E-state index contributed by atoms with van der Waals surface area (Å²) >= 11 is 5.72. The van der Waals surface area contributed by atoms with Gasteiger partial charge in [-0.3, -0.25) is 9.59 Å². The van der Waals surface area contributed by atoms with E-state index >= 15 is 0 Å². The molecule has 1 rings (SSSR count). The van der Waals surface area contributed by atoms with Gasteiger partial charge in [-0.05, 0) is 18.6 Å². The molecular weight excluding hydrogens is 207 g/mol. The van der Waals surface area contributed by atoms with Gasteiger partial charge in [-0.1, -0.05) is 12.1 Å². The molecule has 0 aromatic heterocycles. The molecule has 1 unspecified atom stereocenters. The Bertz CT molecular complexity index is 376. The van der Waals surface area contributed by atoms with Gasteiger partial charge in [0.15, 0.2) is 12.1 Å². The SMILES string of the molecule is CC(=O)C(Cl)c1cccc(F)c1C=O. The summed E-state index contributed by atoms with van der Waals surface area (Å²) < 4.78 is 13.1. The number of carbonyl (C=O) groups is 2. The lowest BCUT2D eigenvalue weighted by Gasteiger charge is -2.08. The van der Waals surface area contributed by atoms with Gasteiger partial charge >= 0.3 is 0 Å². The Kier molecular flexibility index (Phi) is 3.36. The zero-order valence-electron chi connectivity index (χ0n) is 7.46. The highest BCUT2D eigenvalue weighted by Crippen LogP contribution is 2.25. The van der Waals surface area contributed by atoms with Crippen LogP contribution >= 0.6 is 11.6 Å². The molecular formula is C10H8ClFO2. The van der Waals surface area contributed by atoms with Crippen LogP contribution in [0.25, 0.3) is 0 Å². The highest BCUT2D eigenvalue weighted by Gasteiger charge is 2.18. The van der Waals surface area contributed by atoms with Crippen LogP contribution in [0.3, 0.4) is 0 Å². The van der Waals surface area contributed by atoms with E-state index in [-0.39, 0.29) is 16.9 Å². The van der Waals surface area contributed by atoms with Crippen molar-refractivity contribution in [1.82, 2.24) is 0 Å². The molecule has 0 saturated carbocycles. The van der Waals surface area contributed by atoms with Crippen LogP contribution in [0.5, 0.6) is 0 Å². The molecule has 0 radical (unpaired) electrons. The molecule has 14 heavy (non-hydrogen) atoms. The molecule has 0 amide bonds. The van der Waals surface area contributed by atoms with Gasteiger partial charge in [0.05, 0.1) is 5.56 Å². The molecule has 0 bridgehead atoms. The smallest absolute Gasteiger partial charge is 0.153 e. The number of ketones is 1. The number of hydrogen-bond donors (Lipinski definition) is 0. The molecule has 1 aromatic rings. The number of hydrogen-bond acceptors (Lipinski definition) is 2. The van der Waals surface area contributed by atoms with E-state index in [0.717, 1.165) is 6.07 Å². The highest BCUT2D eigenvalue weighted by molar-refractivity contribution is 6.31. The van der Waals surface area contributed by atoms with E-state index in [1.54, 1.807) is 0 Å². The summed E-state index contributed by atoms with van der Waals surface area (Å²) in [6, 6.07) is 4.03. The Balaban J connectivity index is 3.26. The minimum atomic E-state index is -0.967. The van der Waals surface area contributed by atoms with Crippen molar-refractivity contribution < 1.29 is 14.0 Å². The van der Waals surface area contributed by atoms with Crippen LogP contribution in [-0.4, -0.2) is 12.1 Å². The summed E-state index contributed by atoms with van der Waals surface area (Å²) in [5.41, 5.74) is 0.0665. The average Bonchev–Trinajstić information content (AvgIpc) is 2.16. The van der Waals surface area contributed by atoms with E-state index in [9.17, 15) is 14.0 Å². The van der Waals surface area contributed by atoms with Crippen LogP contribution < -0.4 is 0 Å². The van der Waals surface area contributed by atoms with E-state index in [1.807, 2.05) is 0 Å². The summed E-state index contributed by atoms with van der Waals surface area (Å²) in [6.07, 6.45) is 0.364. The van der Waals surface area contributed by atoms with Crippen LogP contribution in [0, 0.1) is 5.82 Å². The fourth-order valence-corrected chi connectivity index (χ4v) is 1.31. The second kappa shape index (κ2) is 4.33. The van der Waals surface area contributed by atoms with Crippen LogP contribution in [0.15, 0.2) is 18.2 Å². The van der Waals surface area contributed by atoms with Gasteiger partial charge in [0.1, 0.15) is 11.2 Å². The Hall–Kier alpha value is -1.22. The van der Waals surface area contributed by atoms with Crippen molar-refractivity contribution in [3.63, 3.8) is 0 Å². The zero-order valence-corrected chi connectivity index (χ0v) is 8.22. The van der Waals surface area contributed by atoms with Crippen molar-refractivity contribution in [2.75, 3.05) is 0 Å². The van der Waals surface area contributed by atoms with E-state index < -0.39 is 11.2 Å². The molecule has 0 saturated heterocycles. The molecule has 2 nitrogen and oxygen atoms in total. The highest BCUT2D eigenvalue weighted by atomic mass is 35.5. The second-order valence-electron chi connectivity index (χ2n) is 2.83. The second-order valence-corrected chi connectivity index (χ2v) is 3.27. The molecule has 0 spiro atoms. The van der Waals surface area contributed by atoms with Crippen LogP contribution in [-0.2, 0) is 4.79 Å². The molecule has 1 atom stereocenters. The molecule has 0 aliphatic heterocycles. The Morgan fingerprint density at radius 2 is 2.21 bits per heavy atom. The molecule has 1 aromatic carbocycles. The Labute approximate surface area is 85.7 Å². The minimum Gasteiger partial charge on any atom is -0.298 e. The fourth-order valence-electron chi connectivity index (χ4n) is 1.12. The summed E-state index contributed by atoms with van der Waals surface area (Å²) in [7, 11) is 0. The number of Topliss-reactive ketones (excluding diaryl/α,β-unsaturated/α-hetero) is 1. The largest absolute Gasteiger partial charge is 0.298 e. The monoisotopic (exact) mass is 214 g/mol.